The average molecular weight is 491 g/mol. The summed E-state index contributed by atoms with van der Waals surface area (Å²) in [6.07, 6.45) is 1.32. The molecule has 0 aromatic heterocycles. The summed E-state index contributed by atoms with van der Waals surface area (Å²) in [6, 6.07) is 18.4. The van der Waals surface area contributed by atoms with Gasteiger partial charge in [0.25, 0.3) is 11.6 Å². The zero-order chi connectivity index (χ0) is 25.9. The first-order valence-electron chi connectivity index (χ1n) is 10.4. The van der Waals surface area contributed by atoms with Crippen molar-refractivity contribution >= 4 is 41.0 Å². The number of hydrogen-bond acceptors (Lipinski definition) is 8. The SMILES string of the molecule is COc1ccc(NC(=O)COc2ccc(/C=N\NC(=O)C(=O)Nc3ccc([N+](=O)[O-])cc3)cc2)cc1. The highest BCUT2D eigenvalue weighted by Crippen LogP contribution is 2.16. The lowest BCUT2D eigenvalue weighted by Gasteiger charge is -2.08. The molecule has 0 aliphatic rings. The van der Waals surface area contributed by atoms with E-state index in [-0.39, 0.29) is 23.9 Å². The van der Waals surface area contributed by atoms with Crippen molar-refractivity contribution in [2.24, 2.45) is 5.10 Å². The summed E-state index contributed by atoms with van der Waals surface area (Å²) in [5.41, 5.74) is 3.37. The molecule has 184 valence electrons. The quantitative estimate of drug-likeness (QED) is 0.179. The van der Waals surface area contributed by atoms with E-state index in [9.17, 15) is 24.5 Å². The maximum absolute atomic E-state index is 12.0. The zero-order valence-electron chi connectivity index (χ0n) is 19.0. The van der Waals surface area contributed by atoms with Crippen LogP contribution in [-0.4, -0.2) is 42.6 Å². The number of nitro benzene ring substituents is 1. The molecule has 3 N–H and O–H groups in total. The minimum absolute atomic E-state index is 0.143. The summed E-state index contributed by atoms with van der Waals surface area (Å²) in [5, 5.41) is 19.4. The Kier molecular flexibility index (Phi) is 8.65. The molecule has 0 radical (unpaired) electrons. The largest absolute Gasteiger partial charge is 0.497 e. The minimum atomic E-state index is -1.02. The fourth-order valence-electron chi connectivity index (χ4n) is 2.74. The number of rotatable bonds is 9. The monoisotopic (exact) mass is 491 g/mol. The van der Waals surface area contributed by atoms with E-state index in [2.05, 4.69) is 21.2 Å². The number of hydrazone groups is 1. The maximum atomic E-state index is 12.0. The summed E-state index contributed by atoms with van der Waals surface area (Å²) in [4.78, 5) is 45.9. The fraction of sp³-hybridized carbons (Fsp3) is 0.0833. The van der Waals surface area contributed by atoms with Crippen LogP contribution < -0.4 is 25.5 Å². The summed E-state index contributed by atoms with van der Waals surface area (Å²) in [7, 11) is 1.56. The molecular weight excluding hydrogens is 470 g/mol. The molecule has 36 heavy (non-hydrogen) atoms. The number of carbonyl (C=O) groups is 3. The molecule has 0 spiro atoms. The van der Waals surface area contributed by atoms with Crippen LogP contribution in [0.1, 0.15) is 5.56 Å². The van der Waals surface area contributed by atoms with E-state index in [0.29, 0.717) is 22.7 Å². The van der Waals surface area contributed by atoms with Crippen LogP contribution in [-0.2, 0) is 14.4 Å². The third kappa shape index (κ3) is 7.66. The van der Waals surface area contributed by atoms with Gasteiger partial charge in [-0.05, 0) is 66.2 Å². The molecule has 0 fully saturated rings. The molecule has 0 bridgehead atoms. The Morgan fingerprint density at radius 2 is 1.44 bits per heavy atom. The van der Waals surface area contributed by atoms with Gasteiger partial charge in [-0.3, -0.25) is 24.5 Å². The highest BCUT2D eigenvalue weighted by Gasteiger charge is 2.13. The molecule has 0 aliphatic carbocycles. The number of methoxy groups -OCH3 is 1. The van der Waals surface area contributed by atoms with Gasteiger partial charge in [-0.2, -0.15) is 5.10 Å². The lowest BCUT2D eigenvalue weighted by Crippen LogP contribution is -2.32. The number of non-ortho nitro benzene ring substituents is 1. The number of anilines is 2. The zero-order valence-corrected chi connectivity index (χ0v) is 19.0. The van der Waals surface area contributed by atoms with Crippen molar-refractivity contribution in [3.63, 3.8) is 0 Å². The highest BCUT2D eigenvalue weighted by atomic mass is 16.6. The van der Waals surface area contributed by atoms with Gasteiger partial charge in [0.1, 0.15) is 11.5 Å². The predicted octanol–water partition coefficient (Wildman–Crippen LogP) is 2.71. The number of nitrogens with one attached hydrogen (secondary N) is 3. The van der Waals surface area contributed by atoms with Crippen LogP contribution in [0.3, 0.4) is 0 Å². The molecule has 3 aromatic carbocycles. The molecule has 0 saturated carbocycles. The fourth-order valence-corrected chi connectivity index (χ4v) is 2.74. The number of hydrogen-bond donors (Lipinski definition) is 3. The topological polar surface area (TPSA) is 161 Å². The standard InChI is InChI=1S/C24H21N5O7/c1-35-20-12-6-17(7-13-20)26-22(30)15-36-21-10-2-16(3-11-21)14-25-28-24(32)23(31)27-18-4-8-19(9-5-18)29(33)34/h2-14H,15H2,1H3,(H,26,30)(H,27,31)(H,28,32)/b25-14-. The molecule has 0 unspecified atom stereocenters. The highest BCUT2D eigenvalue weighted by molar-refractivity contribution is 6.39. The van der Waals surface area contributed by atoms with Crippen LogP contribution in [0, 0.1) is 10.1 Å². The predicted molar refractivity (Wildman–Crippen MR) is 131 cm³/mol. The second kappa shape index (κ2) is 12.3. The molecule has 0 saturated heterocycles. The molecule has 12 heteroatoms. The molecule has 3 rings (SSSR count). The molecular formula is C24H21N5O7. The van der Waals surface area contributed by atoms with Gasteiger partial charge < -0.3 is 20.1 Å². The Bertz CT molecular complexity index is 1260. The number of nitrogens with zero attached hydrogens (tertiary/aromatic N) is 2. The summed E-state index contributed by atoms with van der Waals surface area (Å²) < 4.78 is 10.5. The lowest BCUT2D eigenvalue weighted by atomic mass is 10.2. The van der Waals surface area contributed by atoms with Crippen molar-refractivity contribution in [1.29, 1.82) is 0 Å². The molecule has 3 amide bonds. The van der Waals surface area contributed by atoms with E-state index in [1.165, 1.54) is 30.5 Å². The van der Waals surface area contributed by atoms with Gasteiger partial charge in [-0.1, -0.05) is 0 Å². The Morgan fingerprint density at radius 1 is 0.861 bits per heavy atom. The third-order valence-corrected chi connectivity index (χ3v) is 4.55. The van der Waals surface area contributed by atoms with Crippen LogP contribution in [0.5, 0.6) is 11.5 Å². The van der Waals surface area contributed by atoms with Crippen molar-refractivity contribution in [3.8, 4) is 11.5 Å². The average Bonchev–Trinajstić information content (AvgIpc) is 2.89. The van der Waals surface area contributed by atoms with Gasteiger partial charge in [-0.25, -0.2) is 5.43 Å². The number of nitro groups is 1. The van der Waals surface area contributed by atoms with Crippen molar-refractivity contribution < 1.29 is 28.8 Å². The van der Waals surface area contributed by atoms with Crippen LogP contribution in [0.2, 0.25) is 0 Å². The number of ether oxygens (including phenoxy) is 2. The van der Waals surface area contributed by atoms with Gasteiger partial charge in [0, 0.05) is 23.5 Å². The maximum Gasteiger partial charge on any atom is 0.329 e. The second-order valence-corrected chi connectivity index (χ2v) is 7.09. The van der Waals surface area contributed by atoms with Crippen LogP contribution in [0.4, 0.5) is 17.1 Å². The van der Waals surface area contributed by atoms with E-state index < -0.39 is 16.7 Å². The molecule has 12 nitrogen and oxygen atoms in total. The minimum Gasteiger partial charge on any atom is -0.497 e. The summed E-state index contributed by atoms with van der Waals surface area (Å²) in [5.74, 6) is -1.22. The molecule has 0 aliphatic heterocycles. The number of benzene rings is 3. The smallest absolute Gasteiger partial charge is 0.329 e. The molecule has 3 aromatic rings. The van der Waals surface area contributed by atoms with Crippen LogP contribution in [0.15, 0.2) is 77.9 Å². The van der Waals surface area contributed by atoms with Crippen molar-refractivity contribution in [2.45, 2.75) is 0 Å². The van der Waals surface area contributed by atoms with Crippen LogP contribution >= 0.6 is 0 Å². The Labute approximate surface area is 205 Å². The first-order valence-corrected chi connectivity index (χ1v) is 10.4. The first kappa shape index (κ1) is 25.4. The normalized spacial score (nSPS) is 10.4. The Morgan fingerprint density at radius 3 is 2.06 bits per heavy atom. The van der Waals surface area contributed by atoms with Gasteiger partial charge in [-0.15, -0.1) is 0 Å². The molecule has 0 heterocycles. The number of carbonyl (C=O) groups excluding carboxylic acids is 3. The third-order valence-electron chi connectivity index (χ3n) is 4.55. The number of amides is 3. The van der Waals surface area contributed by atoms with E-state index in [0.717, 1.165) is 0 Å². The van der Waals surface area contributed by atoms with E-state index >= 15 is 0 Å². The van der Waals surface area contributed by atoms with Gasteiger partial charge in [0.2, 0.25) is 0 Å². The van der Waals surface area contributed by atoms with Crippen molar-refractivity contribution in [3.05, 3.63) is 88.5 Å². The first-order chi connectivity index (χ1) is 17.3. The van der Waals surface area contributed by atoms with E-state index in [1.54, 1.807) is 55.6 Å². The van der Waals surface area contributed by atoms with Gasteiger partial charge >= 0.3 is 11.8 Å². The summed E-state index contributed by atoms with van der Waals surface area (Å²) in [6.45, 7) is -0.195. The van der Waals surface area contributed by atoms with Crippen molar-refractivity contribution in [2.75, 3.05) is 24.4 Å². The Hall–Kier alpha value is -5.26. The lowest BCUT2D eigenvalue weighted by molar-refractivity contribution is -0.384. The van der Waals surface area contributed by atoms with Crippen LogP contribution in [0.25, 0.3) is 0 Å². The van der Waals surface area contributed by atoms with Gasteiger partial charge in [0.05, 0.1) is 18.2 Å². The Balaban J connectivity index is 1.42. The van der Waals surface area contributed by atoms with Gasteiger partial charge in [0.15, 0.2) is 6.61 Å². The van der Waals surface area contributed by atoms with E-state index in [4.69, 9.17) is 9.47 Å². The van der Waals surface area contributed by atoms with Crippen molar-refractivity contribution in [1.82, 2.24) is 5.43 Å². The summed E-state index contributed by atoms with van der Waals surface area (Å²) >= 11 is 0. The molecule has 0 atom stereocenters. The second-order valence-electron chi connectivity index (χ2n) is 7.09. The van der Waals surface area contributed by atoms with E-state index in [1.807, 2.05) is 0 Å².